The van der Waals surface area contributed by atoms with Gasteiger partial charge in [0.1, 0.15) is 0 Å². The number of halogens is 2. The number of rotatable bonds is 8. The highest BCUT2D eigenvalue weighted by Gasteiger charge is 2.34. The van der Waals surface area contributed by atoms with Gasteiger partial charge in [0, 0.05) is 8.95 Å². The molecule has 204 valence electrons. The second kappa shape index (κ2) is 12.9. The first-order chi connectivity index (χ1) is 20.6. The van der Waals surface area contributed by atoms with Gasteiger partial charge in [-0.1, -0.05) is 177 Å². The molecule has 0 saturated heterocycles. The Morgan fingerprint density at radius 1 is 0.381 bits per heavy atom. The monoisotopic (exact) mass is 670 g/mol. The Bertz CT molecular complexity index is 1660. The fourth-order valence-corrected chi connectivity index (χ4v) is 6.60. The molecule has 0 fully saturated rings. The molecule has 0 aliphatic rings. The largest absolute Gasteiger partial charge is 0.298 e. The Balaban J connectivity index is 1.47. The number of ketones is 1. The first-order valence-electron chi connectivity index (χ1n) is 13.9. The van der Waals surface area contributed by atoms with Crippen molar-refractivity contribution < 1.29 is 4.79 Å². The number of benzene rings is 6. The molecule has 6 rings (SSSR count). The zero-order chi connectivity index (χ0) is 28.9. The van der Waals surface area contributed by atoms with Crippen LogP contribution in [0.4, 0.5) is 0 Å². The van der Waals surface area contributed by atoms with Crippen LogP contribution in [0.15, 0.2) is 167 Å². The first kappa shape index (κ1) is 28.1. The second-order valence-electron chi connectivity index (χ2n) is 10.3. The molecule has 6 aromatic carbocycles. The molecule has 0 amide bonds. The predicted molar refractivity (Wildman–Crippen MR) is 181 cm³/mol. The summed E-state index contributed by atoms with van der Waals surface area (Å²) in [6, 6.07) is 53.6. The SMILES string of the molecule is O=C(C(c1ccc(-c2ccccc2)cc1)c1ccccc1Br)C(c1ccc(-c2ccccc2)cc1)c1ccccc1Br. The third-order valence-corrected chi connectivity index (χ3v) is 9.15. The maximum Gasteiger partial charge on any atom is 0.156 e. The average Bonchev–Trinajstić information content (AvgIpc) is 3.05. The van der Waals surface area contributed by atoms with Crippen LogP contribution in [0.2, 0.25) is 0 Å². The minimum Gasteiger partial charge on any atom is -0.298 e. The average molecular weight is 672 g/mol. The minimum atomic E-state index is -0.476. The highest BCUT2D eigenvalue weighted by Crippen LogP contribution is 2.41. The Labute approximate surface area is 264 Å². The molecule has 42 heavy (non-hydrogen) atoms. The molecule has 6 aromatic rings. The predicted octanol–water partition coefficient (Wildman–Crippen LogP) is 11.1. The van der Waals surface area contributed by atoms with Gasteiger partial charge in [-0.3, -0.25) is 4.79 Å². The molecule has 0 N–H and O–H groups in total. The number of hydrogen-bond donors (Lipinski definition) is 0. The lowest BCUT2D eigenvalue weighted by molar-refractivity contribution is -0.120. The van der Waals surface area contributed by atoms with Gasteiger partial charge in [-0.25, -0.2) is 0 Å². The van der Waals surface area contributed by atoms with Gasteiger partial charge in [-0.2, -0.15) is 0 Å². The summed E-state index contributed by atoms with van der Waals surface area (Å²) in [5.74, 6) is -0.832. The highest BCUT2D eigenvalue weighted by molar-refractivity contribution is 9.10. The van der Waals surface area contributed by atoms with E-state index in [-0.39, 0.29) is 5.78 Å². The molecule has 0 radical (unpaired) electrons. The summed E-state index contributed by atoms with van der Waals surface area (Å²) in [7, 11) is 0. The van der Waals surface area contributed by atoms with Crippen LogP contribution >= 0.6 is 31.9 Å². The van der Waals surface area contributed by atoms with Crippen LogP contribution < -0.4 is 0 Å². The molecule has 1 nitrogen and oxygen atoms in total. The maximum absolute atomic E-state index is 15.0. The summed E-state index contributed by atoms with van der Waals surface area (Å²) in [6.07, 6.45) is 0. The molecule has 0 aromatic heterocycles. The van der Waals surface area contributed by atoms with E-state index in [9.17, 15) is 0 Å². The van der Waals surface area contributed by atoms with Crippen molar-refractivity contribution in [1.82, 2.24) is 0 Å². The third kappa shape index (κ3) is 5.94. The van der Waals surface area contributed by atoms with E-state index in [4.69, 9.17) is 0 Å². The van der Waals surface area contributed by atoms with Crippen LogP contribution in [0, 0.1) is 0 Å². The van der Waals surface area contributed by atoms with Gasteiger partial charge in [-0.05, 0) is 56.6 Å². The fraction of sp³-hybridized carbons (Fsp3) is 0.0513. The summed E-state index contributed by atoms with van der Waals surface area (Å²) < 4.78 is 1.83. The number of Topliss-reactive ketones (excluding diaryl/α,β-unsaturated/α-hetero) is 1. The van der Waals surface area contributed by atoms with Crippen molar-refractivity contribution in [3.05, 3.63) is 189 Å². The minimum absolute atomic E-state index is 0.119. The van der Waals surface area contributed by atoms with E-state index >= 15 is 4.79 Å². The van der Waals surface area contributed by atoms with Crippen LogP contribution in [0.25, 0.3) is 22.3 Å². The van der Waals surface area contributed by atoms with Crippen LogP contribution in [-0.2, 0) is 4.79 Å². The lowest BCUT2D eigenvalue weighted by Gasteiger charge is -2.26. The van der Waals surface area contributed by atoms with Crippen LogP contribution in [-0.4, -0.2) is 5.78 Å². The molecule has 0 aliphatic carbocycles. The third-order valence-electron chi connectivity index (χ3n) is 7.70. The Morgan fingerprint density at radius 3 is 1.05 bits per heavy atom. The molecule has 0 heterocycles. The van der Waals surface area contributed by atoms with Gasteiger partial charge >= 0.3 is 0 Å². The fourth-order valence-electron chi connectivity index (χ4n) is 5.58. The molecule has 0 saturated carbocycles. The van der Waals surface area contributed by atoms with Crippen molar-refractivity contribution in [2.75, 3.05) is 0 Å². The summed E-state index contributed by atoms with van der Waals surface area (Å²) in [4.78, 5) is 15.0. The smallest absolute Gasteiger partial charge is 0.156 e. The lowest BCUT2D eigenvalue weighted by Crippen LogP contribution is -2.23. The standard InChI is InChI=1S/C39H28Br2O/c40-35-17-9-7-15-33(35)37(31-23-19-29(20-24-31)27-11-3-1-4-12-27)39(42)38(34-16-8-10-18-36(34)41)32-25-21-30(22-26-32)28-13-5-2-6-14-28/h1-26,37-38H. The van der Waals surface area contributed by atoms with Crippen molar-refractivity contribution in [3.63, 3.8) is 0 Å². The molecule has 0 aliphatic heterocycles. The molecule has 2 unspecified atom stereocenters. The van der Waals surface area contributed by atoms with E-state index < -0.39 is 11.8 Å². The Hall–Kier alpha value is -4.05. The van der Waals surface area contributed by atoms with E-state index in [1.807, 2.05) is 84.9 Å². The van der Waals surface area contributed by atoms with Crippen molar-refractivity contribution in [2.45, 2.75) is 11.8 Å². The Morgan fingerprint density at radius 2 is 0.690 bits per heavy atom. The van der Waals surface area contributed by atoms with Crippen LogP contribution in [0.3, 0.4) is 0 Å². The summed E-state index contributed by atoms with van der Waals surface area (Å²) in [5.41, 5.74) is 8.37. The lowest BCUT2D eigenvalue weighted by atomic mass is 9.76. The second-order valence-corrected chi connectivity index (χ2v) is 12.0. The number of carbonyl (C=O) groups excluding carboxylic acids is 1. The van der Waals surface area contributed by atoms with Crippen molar-refractivity contribution in [2.24, 2.45) is 0 Å². The highest BCUT2D eigenvalue weighted by atomic mass is 79.9. The summed E-state index contributed by atoms with van der Waals surface area (Å²) >= 11 is 7.53. The molecular weight excluding hydrogens is 644 g/mol. The van der Waals surface area contributed by atoms with Crippen molar-refractivity contribution in [1.29, 1.82) is 0 Å². The zero-order valence-electron chi connectivity index (χ0n) is 22.8. The molecular formula is C39H28Br2O. The quantitative estimate of drug-likeness (QED) is 0.157. The van der Waals surface area contributed by atoms with Gasteiger partial charge < -0.3 is 0 Å². The van der Waals surface area contributed by atoms with Crippen LogP contribution in [0.1, 0.15) is 34.1 Å². The van der Waals surface area contributed by atoms with E-state index in [2.05, 4.69) is 105 Å². The van der Waals surface area contributed by atoms with Gasteiger partial charge in [-0.15, -0.1) is 0 Å². The van der Waals surface area contributed by atoms with Gasteiger partial charge in [0.25, 0.3) is 0 Å². The normalized spacial score (nSPS) is 12.4. The van der Waals surface area contributed by atoms with E-state index in [1.54, 1.807) is 0 Å². The maximum atomic E-state index is 15.0. The van der Waals surface area contributed by atoms with E-state index in [1.165, 1.54) is 0 Å². The van der Waals surface area contributed by atoms with Gasteiger partial charge in [0.2, 0.25) is 0 Å². The molecule has 0 spiro atoms. The Kier molecular flexibility index (Phi) is 8.60. The topological polar surface area (TPSA) is 17.1 Å². The van der Waals surface area contributed by atoms with Crippen molar-refractivity contribution in [3.8, 4) is 22.3 Å². The zero-order valence-corrected chi connectivity index (χ0v) is 26.0. The number of carbonyl (C=O) groups is 1. The molecule has 2 atom stereocenters. The van der Waals surface area contributed by atoms with Gasteiger partial charge in [0.15, 0.2) is 5.78 Å². The van der Waals surface area contributed by atoms with E-state index in [0.29, 0.717) is 0 Å². The summed E-state index contributed by atoms with van der Waals surface area (Å²) in [5, 5.41) is 0. The summed E-state index contributed by atoms with van der Waals surface area (Å²) in [6.45, 7) is 0. The molecule has 3 heteroatoms. The number of hydrogen-bond acceptors (Lipinski definition) is 1. The van der Waals surface area contributed by atoms with E-state index in [0.717, 1.165) is 53.5 Å². The molecule has 0 bridgehead atoms. The van der Waals surface area contributed by atoms with Gasteiger partial charge in [0.05, 0.1) is 11.8 Å². The van der Waals surface area contributed by atoms with Crippen LogP contribution in [0.5, 0.6) is 0 Å². The van der Waals surface area contributed by atoms with Crippen molar-refractivity contribution >= 4 is 37.6 Å². The first-order valence-corrected chi connectivity index (χ1v) is 15.5.